The van der Waals surface area contributed by atoms with Crippen LogP contribution in [-0.2, 0) is 16.6 Å². The molecule has 20 heavy (non-hydrogen) atoms. The van der Waals surface area contributed by atoms with Gasteiger partial charge >= 0.3 is 0 Å². The third kappa shape index (κ3) is 3.14. The number of aromatic nitrogens is 1. The van der Waals surface area contributed by atoms with Crippen LogP contribution < -0.4 is 9.47 Å². The van der Waals surface area contributed by atoms with Crippen LogP contribution in [0, 0.1) is 5.82 Å². The summed E-state index contributed by atoms with van der Waals surface area (Å²) >= 11 is 0. The van der Waals surface area contributed by atoms with Crippen LogP contribution in [-0.4, -0.2) is 23.4 Å². The maximum absolute atomic E-state index is 12.8. The molecule has 2 aromatic rings. The van der Waals surface area contributed by atoms with Crippen LogP contribution in [0.25, 0.3) is 0 Å². The van der Waals surface area contributed by atoms with Crippen molar-refractivity contribution >= 4 is 10.8 Å². The quantitative estimate of drug-likeness (QED) is 0.850. The zero-order valence-corrected chi connectivity index (χ0v) is 11.9. The summed E-state index contributed by atoms with van der Waals surface area (Å²) in [6, 6.07) is 7.23. The highest BCUT2D eigenvalue weighted by molar-refractivity contribution is 7.84. The first-order valence-corrected chi connectivity index (χ1v) is 7.17. The Balaban J connectivity index is 2.25. The van der Waals surface area contributed by atoms with E-state index in [0.29, 0.717) is 22.1 Å². The summed E-state index contributed by atoms with van der Waals surface area (Å²) in [4.78, 5) is 4.71. The molecule has 0 radical (unpaired) electrons. The fourth-order valence-corrected chi connectivity index (χ4v) is 2.81. The van der Waals surface area contributed by atoms with E-state index in [1.165, 1.54) is 38.5 Å². The molecule has 0 saturated carbocycles. The Labute approximate surface area is 119 Å². The van der Waals surface area contributed by atoms with E-state index in [1.807, 2.05) is 0 Å². The molecule has 0 bridgehead atoms. The van der Waals surface area contributed by atoms with E-state index in [0.717, 1.165) is 0 Å². The number of ether oxygens (including phenoxy) is 2. The summed E-state index contributed by atoms with van der Waals surface area (Å²) in [6.45, 7) is 0. The molecule has 4 nitrogen and oxygen atoms in total. The van der Waals surface area contributed by atoms with E-state index >= 15 is 0 Å². The molecule has 106 valence electrons. The summed E-state index contributed by atoms with van der Waals surface area (Å²) in [5, 5.41) is 0. The first-order chi connectivity index (χ1) is 9.65. The van der Waals surface area contributed by atoms with Gasteiger partial charge in [-0.05, 0) is 24.3 Å². The van der Waals surface area contributed by atoms with E-state index in [2.05, 4.69) is 4.98 Å². The number of methoxy groups -OCH3 is 2. The first-order valence-electron chi connectivity index (χ1n) is 5.85. The molecule has 0 spiro atoms. The number of benzene rings is 1. The predicted molar refractivity (Wildman–Crippen MR) is 73.9 cm³/mol. The number of halogens is 1. The number of rotatable bonds is 5. The van der Waals surface area contributed by atoms with Crippen molar-refractivity contribution in [1.29, 1.82) is 0 Å². The van der Waals surface area contributed by atoms with Gasteiger partial charge in [-0.3, -0.25) is 9.19 Å². The summed E-state index contributed by atoms with van der Waals surface area (Å²) in [5.41, 5.74) is 0.537. The van der Waals surface area contributed by atoms with Crippen molar-refractivity contribution in [1.82, 2.24) is 4.98 Å². The Bertz CT molecular complexity index is 616. The van der Waals surface area contributed by atoms with Crippen LogP contribution in [0.15, 0.2) is 41.4 Å². The third-order valence-electron chi connectivity index (χ3n) is 2.71. The fourth-order valence-electron chi connectivity index (χ4n) is 1.75. The number of pyridine rings is 1. The van der Waals surface area contributed by atoms with Crippen LogP contribution in [0.1, 0.15) is 5.69 Å². The van der Waals surface area contributed by atoms with Gasteiger partial charge in [-0.2, -0.15) is 0 Å². The molecule has 1 unspecified atom stereocenters. The second-order valence-electron chi connectivity index (χ2n) is 3.94. The van der Waals surface area contributed by atoms with Gasteiger partial charge in [0.2, 0.25) is 0 Å². The average molecular weight is 295 g/mol. The standard InChI is InChI=1S/C14H14FNO3S/c1-18-13-7-8-16-12(14(13)19-2)9-20(17)11-5-3-10(15)4-6-11/h3-8H,9H2,1-2H3. The van der Waals surface area contributed by atoms with Gasteiger partial charge in [0, 0.05) is 17.2 Å². The highest BCUT2D eigenvalue weighted by Crippen LogP contribution is 2.30. The molecule has 0 amide bonds. The fraction of sp³-hybridized carbons (Fsp3) is 0.214. The van der Waals surface area contributed by atoms with Gasteiger partial charge < -0.3 is 9.47 Å². The summed E-state index contributed by atoms with van der Waals surface area (Å²) in [7, 11) is 1.70. The molecule has 0 fully saturated rings. The van der Waals surface area contributed by atoms with Crippen molar-refractivity contribution in [2.24, 2.45) is 0 Å². The van der Waals surface area contributed by atoms with Crippen molar-refractivity contribution in [3.05, 3.63) is 48.0 Å². The van der Waals surface area contributed by atoms with Gasteiger partial charge in [-0.15, -0.1) is 0 Å². The van der Waals surface area contributed by atoms with Crippen LogP contribution in [0.3, 0.4) is 0 Å². The molecule has 1 atom stereocenters. The lowest BCUT2D eigenvalue weighted by Crippen LogP contribution is -2.03. The van der Waals surface area contributed by atoms with Gasteiger partial charge in [-0.1, -0.05) is 0 Å². The monoisotopic (exact) mass is 295 g/mol. The summed E-state index contributed by atoms with van der Waals surface area (Å²) in [6.07, 6.45) is 1.57. The molecule has 1 aromatic carbocycles. The van der Waals surface area contributed by atoms with Gasteiger partial charge in [0.25, 0.3) is 0 Å². The van der Waals surface area contributed by atoms with Gasteiger partial charge in [0.15, 0.2) is 11.5 Å². The van der Waals surface area contributed by atoms with Crippen molar-refractivity contribution in [2.45, 2.75) is 10.6 Å². The first kappa shape index (κ1) is 14.5. The topological polar surface area (TPSA) is 48.4 Å². The van der Waals surface area contributed by atoms with Crippen molar-refractivity contribution in [3.63, 3.8) is 0 Å². The molecule has 0 N–H and O–H groups in total. The average Bonchev–Trinajstić information content (AvgIpc) is 2.47. The predicted octanol–water partition coefficient (Wildman–Crippen LogP) is 2.55. The lowest BCUT2D eigenvalue weighted by molar-refractivity contribution is 0.350. The zero-order chi connectivity index (χ0) is 14.5. The molecule has 6 heteroatoms. The second kappa shape index (κ2) is 6.47. The highest BCUT2D eigenvalue weighted by atomic mass is 32.2. The number of hydrogen-bond acceptors (Lipinski definition) is 4. The number of nitrogens with zero attached hydrogens (tertiary/aromatic N) is 1. The van der Waals surface area contributed by atoms with Crippen molar-refractivity contribution < 1.29 is 18.1 Å². The molecule has 0 aliphatic rings. The molecule has 2 rings (SSSR count). The Hall–Kier alpha value is -1.95. The zero-order valence-electron chi connectivity index (χ0n) is 11.1. The molecule has 1 heterocycles. The van der Waals surface area contributed by atoms with Gasteiger partial charge in [0.05, 0.1) is 36.5 Å². The number of hydrogen-bond donors (Lipinski definition) is 0. The normalized spacial score (nSPS) is 11.9. The van der Waals surface area contributed by atoms with E-state index in [-0.39, 0.29) is 11.6 Å². The molecular weight excluding hydrogens is 281 g/mol. The summed E-state index contributed by atoms with van der Waals surface area (Å²) in [5.74, 6) is 0.813. The minimum Gasteiger partial charge on any atom is -0.493 e. The minimum atomic E-state index is -1.33. The SMILES string of the molecule is COc1ccnc(CS(=O)c2ccc(F)cc2)c1OC. The Morgan fingerprint density at radius 2 is 1.85 bits per heavy atom. The molecule has 0 aliphatic heterocycles. The van der Waals surface area contributed by atoms with Gasteiger partial charge in [-0.25, -0.2) is 4.39 Å². The van der Waals surface area contributed by atoms with E-state index in [1.54, 1.807) is 12.3 Å². The Morgan fingerprint density at radius 3 is 2.45 bits per heavy atom. The highest BCUT2D eigenvalue weighted by Gasteiger charge is 2.14. The molecule has 1 aromatic heterocycles. The minimum absolute atomic E-state index is 0.173. The third-order valence-corrected chi connectivity index (χ3v) is 4.04. The molecule has 0 saturated heterocycles. The lowest BCUT2D eigenvalue weighted by Gasteiger charge is -2.11. The molecular formula is C14H14FNO3S. The maximum atomic E-state index is 12.8. The van der Waals surface area contributed by atoms with E-state index < -0.39 is 10.8 Å². The lowest BCUT2D eigenvalue weighted by atomic mass is 10.3. The van der Waals surface area contributed by atoms with Gasteiger partial charge in [0.1, 0.15) is 5.82 Å². The van der Waals surface area contributed by atoms with Crippen molar-refractivity contribution in [3.8, 4) is 11.5 Å². The van der Waals surface area contributed by atoms with Crippen LogP contribution in [0.4, 0.5) is 4.39 Å². The Kier molecular flexibility index (Phi) is 4.68. The van der Waals surface area contributed by atoms with Crippen LogP contribution in [0.5, 0.6) is 11.5 Å². The smallest absolute Gasteiger partial charge is 0.183 e. The largest absolute Gasteiger partial charge is 0.493 e. The van der Waals surface area contributed by atoms with Crippen molar-refractivity contribution in [2.75, 3.05) is 14.2 Å². The summed E-state index contributed by atoms with van der Waals surface area (Å²) < 4.78 is 35.5. The van der Waals surface area contributed by atoms with Crippen LogP contribution in [0.2, 0.25) is 0 Å². The Morgan fingerprint density at radius 1 is 1.15 bits per heavy atom. The molecule has 0 aliphatic carbocycles. The second-order valence-corrected chi connectivity index (χ2v) is 5.39. The van der Waals surface area contributed by atoms with E-state index in [4.69, 9.17) is 9.47 Å². The van der Waals surface area contributed by atoms with Crippen LogP contribution >= 0.6 is 0 Å². The van der Waals surface area contributed by atoms with E-state index in [9.17, 15) is 8.60 Å². The maximum Gasteiger partial charge on any atom is 0.183 e.